The van der Waals surface area contributed by atoms with Gasteiger partial charge in [-0.1, -0.05) is 42.5 Å². The minimum absolute atomic E-state index is 0.101. The predicted octanol–water partition coefficient (Wildman–Crippen LogP) is 4.30. The topological polar surface area (TPSA) is 108 Å². The molecule has 39 heavy (non-hydrogen) atoms. The SMILES string of the molecule is CCOc1nc(C(=O)NCC2CCN(Cc3ccc(-c4cccc(CN(C)C)c4)cc3)CC2)cc(N)c1C#N. The lowest BCUT2D eigenvalue weighted by molar-refractivity contribution is 0.0929. The van der Waals surface area contributed by atoms with Crippen molar-refractivity contribution in [1.82, 2.24) is 20.1 Å². The lowest BCUT2D eigenvalue weighted by Crippen LogP contribution is -2.38. The lowest BCUT2D eigenvalue weighted by atomic mass is 9.96. The van der Waals surface area contributed by atoms with Crippen molar-refractivity contribution in [2.75, 3.05) is 46.1 Å². The van der Waals surface area contributed by atoms with Crippen molar-refractivity contribution in [2.45, 2.75) is 32.9 Å². The van der Waals surface area contributed by atoms with Crippen LogP contribution in [0.2, 0.25) is 0 Å². The van der Waals surface area contributed by atoms with Gasteiger partial charge in [-0.3, -0.25) is 9.69 Å². The highest BCUT2D eigenvalue weighted by Gasteiger charge is 2.21. The molecule has 1 amide bonds. The van der Waals surface area contributed by atoms with Gasteiger partial charge < -0.3 is 20.7 Å². The summed E-state index contributed by atoms with van der Waals surface area (Å²) in [4.78, 5) is 21.6. The molecule has 204 valence electrons. The summed E-state index contributed by atoms with van der Waals surface area (Å²) >= 11 is 0. The molecule has 0 radical (unpaired) electrons. The van der Waals surface area contributed by atoms with Gasteiger partial charge in [-0.25, -0.2) is 4.98 Å². The van der Waals surface area contributed by atoms with Crippen LogP contribution in [0.5, 0.6) is 5.88 Å². The van der Waals surface area contributed by atoms with Gasteiger partial charge in [-0.05, 0) is 87.3 Å². The molecular formula is C31H38N6O2. The van der Waals surface area contributed by atoms with Gasteiger partial charge in [0.1, 0.15) is 17.3 Å². The van der Waals surface area contributed by atoms with Crippen LogP contribution in [0.1, 0.15) is 46.9 Å². The Balaban J connectivity index is 1.25. The number of aromatic nitrogens is 1. The Labute approximate surface area is 231 Å². The average Bonchev–Trinajstić information content (AvgIpc) is 2.93. The fraction of sp³-hybridized carbons (Fsp3) is 0.387. The van der Waals surface area contributed by atoms with Crippen molar-refractivity contribution in [3.63, 3.8) is 0 Å². The molecule has 4 rings (SSSR count). The van der Waals surface area contributed by atoms with Crippen molar-refractivity contribution in [3.05, 3.63) is 77.0 Å². The molecule has 0 aliphatic carbocycles. The van der Waals surface area contributed by atoms with E-state index in [-0.39, 0.29) is 28.7 Å². The van der Waals surface area contributed by atoms with Gasteiger partial charge >= 0.3 is 0 Å². The van der Waals surface area contributed by atoms with Gasteiger partial charge in [0, 0.05) is 19.6 Å². The van der Waals surface area contributed by atoms with E-state index < -0.39 is 0 Å². The van der Waals surface area contributed by atoms with Crippen molar-refractivity contribution < 1.29 is 9.53 Å². The van der Waals surface area contributed by atoms with Gasteiger partial charge in [-0.15, -0.1) is 0 Å². The van der Waals surface area contributed by atoms with E-state index in [0.717, 1.165) is 39.0 Å². The molecule has 2 heterocycles. The summed E-state index contributed by atoms with van der Waals surface area (Å²) in [5.41, 5.74) is 11.6. The number of hydrogen-bond acceptors (Lipinski definition) is 7. The Hall–Kier alpha value is -3.93. The molecular weight excluding hydrogens is 488 g/mol. The van der Waals surface area contributed by atoms with Crippen LogP contribution in [-0.4, -0.2) is 61.0 Å². The summed E-state index contributed by atoms with van der Waals surface area (Å²) < 4.78 is 5.40. The third-order valence-electron chi connectivity index (χ3n) is 7.02. The number of carbonyl (C=O) groups excluding carboxylic acids is 1. The van der Waals surface area contributed by atoms with Crippen LogP contribution in [0, 0.1) is 17.2 Å². The Kier molecular flexibility index (Phi) is 9.53. The standard InChI is InChI=1S/C31H38N6O2/c1-4-39-31-27(18-32)28(33)17-29(35-31)30(38)34-19-22-12-14-37(15-13-22)21-23-8-10-25(11-9-23)26-7-5-6-24(16-26)20-36(2)3/h5-11,16-17,22H,4,12-15,19-21H2,1-3H3,(H2,33,35)(H,34,38). The number of benzene rings is 2. The fourth-order valence-corrected chi connectivity index (χ4v) is 4.96. The summed E-state index contributed by atoms with van der Waals surface area (Å²) in [6, 6.07) is 21.0. The maximum Gasteiger partial charge on any atom is 0.270 e. The Morgan fingerprint density at radius 3 is 2.54 bits per heavy atom. The van der Waals surface area contributed by atoms with Crippen LogP contribution in [0.3, 0.4) is 0 Å². The van der Waals surface area contributed by atoms with E-state index in [1.807, 2.05) is 6.07 Å². The third-order valence-corrected chi connectivity index (χ3v) is 7.02. The van der Waals surface area contributed by atoms with Gasteiger partial charge in [0.15, 0.2) is 0 Å². The number of amides is 1. The summed E-state index contributed by atoms with van der Waals surface area (Å²) in [6.07, 6.45) is 2.04. The lowest BCUT2D eigenvalue weighted by Gasteiger charge is -2.32. The van der Waals surface area contributed by atoms with Gasteiger partial charge in [0.05, 0.1) is 12.3 Å². The van der Waals surface area contributed by atoms with Crippen molar-refractivity contribution >= 4 is 11.6 Å². The second kappa shape index (κ2) is 13.2. The van der Waals surface area contributed by atoms with Crippen LogP contribution in [0.4, 0.5) is 5.69 Å². The zero-order valence-electron chi connectivity index (χ0n) is 23.1. The van der Waals surface area contributed by atoms with Gasteiger partial charge in [0.25, 0.3) is 5.91 Å². The minimum Gasteiger partial charge on any atom is -0.477 e. The van der Waals surface area contributed by atoms with E-state index in [1.54, 1.807) is 6.92 Å². The highest BCUT2D eigenvalue weighted by molar-refractivity contribution is 5.93. The molecule has 1 aliphatic rings. The van der Waals surface area contributed by atoms with E-state index >= 15 is 0 Å². The number of likely N-dealkylation sites (tertiary alicyclic amines) is 1. The number of hydrogen-bond donors (Lipinski definition) is 2. The Bertz CT molecular complexity index is 1310. The molecule has 3 N–H and O–H groups in total. The molecule has 0 spiro atoms. The molecule has 8 heteroatoms. The largest absolute Gasteiger partial charge is 0.477 e. The average molecular weight is 527 g/mol. The molecule has 2 aromatic carbocycles. The first-order chi connectivity index (χ1) is 18.9. The number of nitrogens with two attached hydrogens (primary N) is 1. The number of carbonyl (C=O) groups is 1. The Morgan fingerprint density at radius 1 is 1.13 bits per heavy atom. The summed E-state index contributed by atoms with van der Waals surface area (Å²) in [6.45, 7) is 6.55. The van der Waals surface area contributed by atoms with E-state index in [1.165, 1.54) is 28.3 Å². The summed E-state index contributed by atoms with van der Waals surface area (Å²) in [7, 11) is 4.18. The molecule has 0 saturated carbocycles. The molecule has 3 aromatic rings. The highest BCUT2D eigenvalue weighted by Crippen LogP contribution is 2.25. The number of rotatable bonds is 10. The maximum absolute atomic E-state index is 12.7. The zero-order chi connectivity index (χ0) is 27.8. The normalized spacial score (nSPS) is 14.2. The smallest absolute Gasteiger partial charge is 0.270 e. The number of piperidine rings is 1. The highest BCUT2D eigenvalue weighted by atomic mass is 16.5. The molecule has 1 fully saturated rings. The van der Waals surface area contributed by atoms with Crippen LogP contribution < -0.4 is 15.8 Å². The van der Waals surface area contributed by atoms with Crippen LogP contribution >= 0.6 is 0 Å². The van der Waals surface area contributed by atoms with E-state index in [9.17, 15) is 10.1 Å². The number of ether oxygens (including phenoxy) is 1. The first-order valence-electron chi connectivity index (χ1n) is 13.5. The maximum atomic E-state index is 12.7. The number of nitriles is 1. The molecule has 0 atom stereocenters. The quantitative estimate of drug-likeness (QED) is 0.405. The third kappa shape index (κ3) is 7.56. The number of nitrogens with one attached hydrogen (secondary N) is 1. The summed E-state index contributed by atoms with van der Waals surface area (Å²) in [5, 5.41) is 12.3. The van der Waals surface area contributed by atoms with Crippen LogP contribution in [-0.2, 0) is 13.1 Å². The van der Waals surface area contributed by atoms with Crippen LogP contribution in [0.15, 0.2) is 54.6 Å². The van der Waals surface area contributed by atoms with E-state index in [2.05, 4.69) is 82.7 Å². The first kappa shape index (κ1) is 28.1. The molecule has 0 bridgehead atoms. The number of anilines is 1. The van der Waals surface area contributed by atoms with Crippen LogP contribution in [0.25, 0.3) is 11.1 Å². The first-order valence-corrected chi connectivity index (χ1v) is 13.5. The number of pyridine rings is 1. The Morgan fingerprint density at radius 2 is 1.87 bits per heavy atom. The van der Waals surface area contributed by atoms with Crippen molar-refractivity contribution in [1.29, 1.82) is 5.26 Å². The van der Waals surface area contributed by atoms with Crippen molar-refractivity contribution in [3.8, 4) is 23.1 Å². The minimum atomic E-state index is -0.304. The second-order valence-electron chi connectivity index (χ2n) is 10.4. The predicted molar refractivity (Wildman–Crippen MR) is 154 cm³/mol. The van der Waals surface area contributed by atoms with E-state index in [4.69, 9.17) is 10.5 Å². The molecule has 1 saturated heterocycles. The van der Waals surface area contributed by atoms with Gasteiger partial charge in [-0.2, -0.15) is 5.26 Å². The number of nitrogens with zero attached hydrogens (tertiary/aromatic N) is 4. The monoisotopic (exact) mass is 526 g/mol. The molecule has 1 aromatic heterocycles. The van der Waals surface area contributed by atoms with Gasteiger partial charge in [0.2, 0.25) is 5.88 Å². The fourth-order valence-electron chi connectivity index (χ4n) is 4.96. The van der Waals surface area contributed by atoms with E-state index in [0.29, 0.717) is 19.1 Å². The molecule has 0 unspecified atom stereocenters. The molecule has 8 nitrogen and oxygen atoms in total. The zero-order valence-corrected chi connectivity index (χ0v) is 23.1. The second-order valence-corrected chi connectivity index (χ2v) is 10.4. The number of nitrogen functional groups attached to an aromatic ring is 1. The molecule has 1 aliphatic heterocycles. The summed E-state index contributed by atoms with van der Waals surface area (Å²) in [5.74, 6) is 0.204. The van der Waals surface area contributed by atoms with Crippen molar-refractivity contribution in [2.24, 2.45) is 5.92 Å².